The summed E-state index contributed by atoms with van der Waals surface area (Å²) in [5.41, 5.74) is 7.74. The summed E-state index contributed by atoms with van der Waals surface area (Å²) in [6, 6.07) is 0. The highest BCUT2D eigenvalue weighted by Gasteiger charge is 2.45. The van der Waals surface area contributed by atoms with Crippen molar-refractivity contribution in [2.24, 2.45) is 11.7 Å². The van der Waals surface area contributed by atoms with Crippen molar-refractivity contribution in [2.45, 2.75) is 70.4 Å². The number of imidazole rings is 1. The molecule has 0 amide bonds. The molecular weight excluding hydrogens is 266 g/mol. The minimum Gasteiger partial charge on any atom is -0.480 e. The third-order valence-corrected chi connectivity index (χ3v) is 5.39. The molecule has 3 N–H and O–H groups in total. The van der Waals surface area contributed by atoms with Crippen LogP contribution in [0.3, 0.4) is 0 Å². The second-order valence-corrected chi connectivity index (χ2v) is 6.63. The van der Waals surface area contributed by atoms with E-state index in [1.54, 1.807) is 0 Å². The first-order valence-corrected chi connectivity index (χ1v) is 8.09. The monoisotopic (exact) mass is 291 g/mol. The highest BCUT2D eigenvalue weighted by molar-refractivity contribution is 5.79. The van der Waals surface area contributed by atoms with Crippen LogP contribution in [0, 0.1) is 12.8 Å². The minimum absolute atomic E-state index is 0.0797. The Labute approximate surface area is 125 Å². The molecule has 116 valence electrons. The van der Waals surface area contributed by atoms with Crippen LogP contribution in [0.4, 0.5) is 0 Å². The third-order valence-electron chi connectivity index (χ3n) is 5.39. The number of carboxylic acid groups (broad SMARTS) is 1. The first-order valence-electron chi connectivity index (χ1n) is 8.09. The maximum absolute atomic E-state index is 11.5. The second-order valence-electron chi connectivity index (χ2n) is 6.63. The van der Waals surface area contributed by atoms with Crippen molar-refractivity contribution in [3.63, 3.8) is 0 Å². The molecule has 0 radical (unpaired) electrons. The predicted octanol–water partition coefficient (Wildman–Crippen LogP) is 2.04. The van der Waals surface area contributed by atoms with Crippen LogP contribution >= 0.6 is 0 Å². The van der Waals surface area contributed by atoms with Crippen molar-refractivity contribution in [1.29, 1.82) is 0 Å². The summed E-state index contributed by atoms with van der Waals surface area (Å²) in [5, 5.41) is 9.40. The van der Waals surface area contributed by atoms with E-state index >= 15 is 0 Å². The topological polar surface area (TPSA) is 81.1 Å². The molecule has 5 nitrogen and oxygen atoms in total. The van der Waals surface area contributed by atoms with Gasteiger partial charge in [0.2, 0.25) is 0 Å². The largest absolute Gasteiger partial charge is 0.480 e. The molecule has 1 aromatic rings. The van der Waals surface area contributed by atoms with E-state index in [1.807, 2.05) is 0 Å². The average Bonchev–Trinajstić information content (AvgIpc) is 2.97. The Hall–Kier alpha value is -1.36. The molecule has 1 saturated carbocycles. The van der Waals surface area contributed by atoms with Crippen LogP contribution in [-0.4, -0.2) is 26.2 Å². The number of nitrogens with zero attached hydrogens (tertiary/aromatic N) is 2. The Balaban J connectivity index is 1.73. The molecule has 1 heterocycles. The second kappa shape index (κ2) is 5.44. The Morgan fingerprint density at radius 1 is 1.43 bits per heavy atom. The molecule has 2 aliphatic rings. The number of hydrogen-bond donors (Lipinski definition) is 2. The normalized spacial score (nSPS) is 28.6. The van der Waals surface area contributed by atoms with Crippen LogP contribution in [0.1, 0.15) is 55.7 Å². The van der Waals surface area contributed by atoms with Gasteiger partial charge in [0.25, 0.3) is 0 Å². The molecule has 1 aromatic heterocycles. The first-order chi connectivity index (χ1) is 10.0. The Kier molecular flexibility index (Phi) is 3.78. The van der Waals surface area contributed by atoms with E-state index in [4.69, 9.17) is 5.73 Å². The molecule has 2 atom stereocenters. The fourth-order valence-corrected chi connectivity index (χ4v) is 4.10. The van der Waals surface area contributed by atoms with Crippen molar-refractivity contribution in [3.05, 3.63) is 17.2 Å². The summed E-state index contributed by atoms with van der Waals surface area (Å²) in [6.07, 6.45) is 7.96. The fraction of sp³-hybridized carbons (Fsp3) is 0.750. The van der Waals surface area contributed by atoms with Crippen LogP contribution in [0.25, 0.3) is 0 Å². The Morgan fingerprint density at radius 3 is 2.95 bits per heavy atom. The van der Waals surface area contributed by atoms with E-state index in [9.17, 15) is 9.90 Å². The molecule has 1 fully saturated rings. The van der Waals surface area contributed by atoms with Crippen LogP contribution in [0.5, 0.6) is 0 Å². The SMILES string of the molecule is Cc1nc2c(n1CCC1CCCC1(N)C(=O)O)CCCC2. The maximum atomic E-state index is 11.5. The summed E-state index contributed by atoms with van der Waals surface area (Å²) in [7, 11) is 0. The molecule has 3 rings (SSSR count). The number of nitrogens with two attached hydrogens (primary N) is 1. The minimum atomic E-state index is -1.02. The molecule has 21 heavy (non-hydrogen) atoms. The average molecular weight is 291 g/mol. The number of fused-ring (bicyclic) bond motifs is 1. The molecule has 2 aliphatic carbocycles. The van der Waals surface area contributed by atoms with Crippen molar-refractivity contribution < 1.29 is 9.90 Å². The van der Waals surface area contributed by atoms with Gasteiger partial charge in [-0.25, -0.2) is 4.98 Å². The van der Waals surface area contributed by atoms with Crippen LogP contribution in [0.15, 0.2) is 0 Å². The Bertz CT molecular complexity index is 552. The highest BCUT2D eigenvalue weighted by atomic mass is 16.4. The number of carbonyl (C=O) groups is 1. The van der Waals surface area contributed by atoms with E-state index in [-0.39, 0.29) is 5.92 Å². The molecule has 5 heteroatoms. The van der Waals surface area contributed by atoms with E-state index in [2.05, 4.69) is 16.5 Å². The fourth-order valence-electron chi connectivity index (χ4n) is 4.10. The number of rotatable bonds is 4. The van der Waals surface area contributed by atoms with Crippen molar-refractivity contribution in [2.75, 3.05) is 0 Å². The van der Waals surface area contributed by atoms with Gasteiger partial charge in [0.15, 0.2) is 0 Å². The summed E-state index contributed by atoms with van der Waals surface area (Å²) >= 11 is 0. The molecular formula is C16H25N3O2. The zero-order chi connectivity index (χ0) is 15.0. The molecule has 0 aromatic carbocycles. The lowest BCUT2D eigenvalue weighted by Gasteiger charge is -2.27. The summed E-state index contributed by atoms with van der Waals surface area (Å²) in [6.45, 7) is 2.91. The van der Waals surface area contributed by atoms with Crippen LogP contribution < -0.4 is 5.73 Å². The standard InChI is InChI=1S/C16H25N3O2/c1-11-18-13-6-2-3-7-14(13)19(11)10-8-12-5-4-9-16(12,17)15(20)21/h12H,2-10,17H2,1H3,(H,20,21). The lowest BCUT2D eigenvalue weighted by molar-refractivity contribution is -0.144. The zero-order valence-corrected chi connectivity index (χ0v) is 12.8. The van der Waals surface area contributed by atoms with Gasteiger partial charge >= 0.3 is 5.97 Å². The highest BCUT2D eigenvalue weighted by Crippen LogP contribution is 2.37. The number of aromatic nitrogens is 2. The quantitative estimate of drug-likeness (QED) is 0.889. The van der Waals surface area contributed by atoms with Gasteiger partial charge in [0.1, 0.15) is 11.4 Å². The van der Waals surface area contributed by atoms with Gasteiger partial charge in [0, 0.05) is 12.2 Å². The van der Waals surface area contributed by atoms with E-state index in [0.29, 0.717) is 6.42 Å². The van der Waals surface area contributed by atoms with E-state index in [1.165, 1.54) is 24.2 Å². The Morgan fingerprint density at radius 2 is 2.19 bits per heavy atom. The number of aryl methyl sites for hydroxylation is 2. The third kappa shape index (κ3) is 2.48. The van der Waals surface area contributed by atoms with Gasteiger partial charge in [-0.15, -0.1) is 0 Å². The first kappa shape index (κ1) is 14.6. The van der Waals surface area contributed by atoms with Gasteiger partial charge in [-0.3, -0.25) is 4.79 Å². The molecule has 0 aliphatic heterocycles. The molecule has 2 unspecified atom stereocenters. The molecule has 0 bridgehead atoms. The maximum Gasteiger partial charge on any atom is 0.323 e. The van der Waals surface area contributed by atoms with Gasteiger partial charge < -0.3 is 15.4 Å². The summed E-state index contributed by atoms with van der Waals surface area (Å²) < 4.78 is 2.30. The number of aliphatic carboxylic acids is 1. The molecule has 0 saturated heterocycles. The number of hydrogen-bond acceptors (Lipinski definition) is 3. The predicted molar refractivity (Wildman–Crippen MR) is 80.1 cm³/mol. The van der Waals surface area contributed by atoms with Gasteiger partial charge in [0.05, 0.1) is 5.69 Å². The van der Waals surface area contributed by atoms with Crippen LogP contribution in [0.2, 0.25) is 0 Å². The van der Waals surface area contributed by atoms with Gasteiger partial charge in [-0.2, -0.15) is 0 Å². The van der Waals surface area contributed by atoms with Crippen molar-refractivity contribution >= 4 is 5.97 Å². The van der Waals surface area contributed by atoms with E-state index < -0.39 is 11.5 Å². The van der Waals surface area contributed by atoms with Crippen molar-refractivity contribution in [3.8, 4) is 0 Å². The number of carboxylic acids is 1. The molecule has 0 spiro atoms. The zero-order valence-electron chi connectivity index (χ0n) is 12.8. The van der Waals surface area contributed by atoms with Crippen molar-refractivity contribution in [1.82, 2.24) is 9.55 Å². The smallest absolute Gasteiger partial charge is 0.323 e. The van der Waals surface area contributed by atoms with Crippen LogP contribution in [-0.2, 0) is 24.2 Å². The lowest BCUT2D eigenvalue weighted by Crippen LogP contribution is -2.51. The van der Waals surface area contributed by atoms with E-state index in [0.717, 1.165) is 44.5 Å². The lowest BCUT2D eigenvalue weighted by atomic mass is 9.85. The summed E-state index contributed by atoms with van der Waals surface area (Å²) in [5.74, 6) is 0.309. The van der Waals surface area contributed by atoms with Gasteiger partial charge in [-0.1, -0.05) is 6.42 Å². The summed E-state index contributed by atoms with van der Waals surface area (Å²) in [4.78, 5) is 16.1. The van der Waals surface area contributed by atoms with Gasteiger partial charge in [-0.05, 0) is 57.8 Å².